The van der Waals surface area contributed by atoms with Gasteiger partial charge in [0.15, 0.2) is 0 Å². The van der Waals surface area contributed by atoms with E-state index in [0.29, 0.717) is 4.90 Å². The highest BCUT2D eigenvalue weighted by atomic mass is 32.2. The van der Waals surface area contributed by atoms with Crippen molar-refractivity contribution in [2.24, 2.45) is 5.10 Å². The van der Waals surface area contributed by atoms with E-state index >= 15 is 0 Å². The van der Waals surface area contributed by atoms with E-state index in [1.165, 1.54) is 6.21 Å². The molecule has 0 fully saturated rings. The van der Waals surface area contributed by atoms with Gasteiger partial charge in [0.2, 0.25) is 0 Å². The normalized spacial score (nSPS) is 11.8. The number of hydrazone groups is 1. The van der Waals surface area contributed by atoms with Crippen molar-refractivity contribution in [3.63, 3.8) is 0 Å². The number of hydrogen-bond donors (Lipinski definition) is 1. The molecule has 110 valence electrons. The fourth-order valence-corrected chi connectivity index (χ4v) is 3.59. The molecule has 0 aliphatic carbocycles. The first-order valence-electron chi connectivity index (χ1n) is 6.58. The van der Waals surface area contributed by atoms with Gasteiger partial charge in [0, 0.05) is 0 Å². The van der Waals surface area contributed by atoms with Gasteiger partial charge in [-0.1, -0.05) is 48.0 Å². The number of hydrogen-bond acceptors (Lipinski definition) is 3. The molecule has 2 aromatic carbocycles. The topological polar surface area (TPSA) is 58.5 Å². The van der Waals surface area contributed by atoms with Crippen LogP contribution in [0.3, 0.4) is 0 Å². The van der Waals surface area contributed by atoms with Gasteiger partial charge in [-0.25, -0.2) is 4.83 Å². The maximum atomic E-state index is 12.4. The molecular weight excluding hydrogens is 284 g/mol. The highest BCUT2D eigenvalue weighted by molar-refractivity contribution is 7.89. The minimum atomic E-state index is -3.66. The first-order valence-corrected chi connectivity index (χ1v) is 8.06. The summed E-state index contributed by atoms with van der Waals surface area (Å²) in [7, 11) is -3.66. The lowest BCUT2D eigenvalue weighted by Crippen LogP contribution is -2.20. The molecule has 0 amide bonds. The molecule has 0 aliphatic rings. The fraction of sp³-hybridized carbons (Fsp3) is 0.188. The molecule has 2 rings (SSSR count). The molecule has 0 aliphatic heterocycles. The molecule has 0 saturated heterocycles. The second-order valence-electron chi connectivity index (χ2n) is 4.99. The van der Waals surface area contributed by atoms with E-state index in [-0.39, 0.29) is 0 Å². The van der Waals surface area contributed by atoms with E-state index in [9.17, 15) is 8.42 Å². The summed E-state index contributed by atoms with van der Waals surface area (Å²) in [6, 6.07) is 13.0. The van der Waals surface area contributed by atoms with Crippen LogP contribution in [0.25, 0.3) is 0 Å². The van der Waals surface area contributed by atoms with Crippen molar-refractivity contribution < 1.29 is 8.42 Å². The quantitative estimate of drug-likeness (QED) is 0.697. The van der Waals surface area contributed by atoms with Crippen LogP contribution in [0.4, 0.5) is 0 Å². The molecular formula is C16H18N2O2S. The second-order valence-corrected chi connectivity index (χ2v) is 6.59. The van der Waals surface area contributed by atoms with E-state index in [0.717, 1.165) is 22.3 Å². The molecule has 0 radical (unpaired) electrons. The predicted octanol–water partition coefficient (Wildman–Crippen LogP) is 2.92. The number of nitrogens with one attached hydrogen (secondary N) is 1. The molecule has 2 aromatic rings. The van der Waals surface area contributed by atoms with Gasteiger partial charge in [0.05, 0.1) is 11.1 Å². The van der Waals surface area contributed by atoms with Crippen LogP contribution < -0.4 is 4.83 Å². The monoisotopic (exact) mass is 302 g/mol. The van der Waals surface area contributed by atoms with Crippen molar-refractivity contribution in [3.8, 4) is 0 Å². The molecule has 0 saturated carbocycles. The lowest BCUT2D eigenvalue weighted by atomic mass is 10.1. The fourth-order valence-electron chi connectivity index (χ4n) is 2.35. The summed E-state index contributed by atoms with van der Waals surface area (Å²) >= 11 is 0. The second kappa shape index (κ2) is 6.10. The van der Waals surface area contributed by atoms with Crippen molar-refractivity contribution in [2.75, 3.05) is 0 Å². The minimum Gasteiger partial charge on any atom is -0.200 e. The van der Waals surface area contributed by atoms with Gasteiger partial charge in [0.25, 0.3) is 10.0 Å². The average Bonchev–Trinajstić information content (AvgIpc) is 2.38. The summed E-state index contributed by atoms with van der Waals surface area (Å²) in [6.07, 6.45) is 1.48. The first-order chi connectivity index (χ1) is 9.90. The molecule has 4 nitrogen and oxygen atoms in total. The van der Waals surface area contributed by atoms with Crippen LogP contribution >= 0.6 is 0 Å². The van der Waals surface area contributed by atoms with E-state index in [2.05, 4.69) is 9.93 Å². The maximum absolute atomic E-state index is 12.4. The zero-order valence-electron chi connectivity index (χ0n) is 12.3. The molecule has 0 heterocycles. The number of aryl methyl sites for hydroxylation is 3. The SMILES string of the molecule is Cc1cc(C)c(S(=O)(=O)N/N=C/c2ccccc2)c(C)c1. The highest BCUT2D eigenvalue weighted by Crippen LogP contribution is 2.21. The molecule has 1 N–H and O–H groups in total. The standard InChI is InChI=1S/C16H18N2O2S/c1-12-9-13(2)16(14(3)10-12)21(19,20)18-17-11-15-7-5-4-6-8-15/h4-11,18H,1-3H3/b17-11+. The summed E-state index contributed by atoms with van der Waals surface area (Å²) < 4.78 is 24.7. The Morgan fingerprint density at radius 1 is 1.00 bits per heavy atom. The smallest absolute Gasteiger partial charge is 0.200 e. The summed E-state index contributed by atoms with van der Waals surface area (Å²) in [4.78, 5) is 2.56. The van der Waals surface area contributed by atoms with Gasteiger partial charge in [-0.2, -0.15) is 13.5 Å². The van der Waals surface area contributed by atoms with Crippen LogP contribution in [-0.2, 0) is 10.0 Å². The highest BCUT2D eigenvalue weighted by Gasteiger charge is 2.18. The lowest BCUT2D eigenvalue weighted by Gasteiger charge is -2.11. The Labute approximate surface area is 125 Å². The average molecular weight is 302 g/mol. The first kappa shape index (κ1) is 15.3. The van der Waals surface area contributed by atoms with Crippen LogP contribution in [0.1, 0.15) is 22.3 Å². The summed E-state index contributed by atoms with van der Waals surface area (Å²) in [5.41, 5.74) is 3.30. The molecule has 0 aromatic heterocycles. The molecule has 0 unspecified atom stereocenters. The number of rotatable bonds is 4. The van der Waals surface area contributed by atoms with Crippen molar-refractivity contribution in [1.82, 2.24) is 4.83 Å². The van der Waals surface area contributed by atoms with E-state index in [4.69, 9.17) is 0 Å². The van der Waals surface area contributed by atoms with E-state index in [1.54, 1.807) is 13.8 Å². The number of nitrogens with zero attached hydrogens (tertiary/aromatic N) is 1. The molecule has 21 heavy (non-hydrogen) atoms. The van der Waals surface area contributed by atoms with Crippen molar-refractivity contribution in [3.05, 3.63) is 64.7 Å². The third-order valence-corrected chi connectivity index (χ3v) is 4.59. The minimum absolute atomic E-state index is 0.290. The largest absolute Gasteiger partial charge is 0.277 e. The van der Waals surface area contributed by atoms with Gasteiger partial charge in [-0.05, 0) is 37.5 Å². The van der Waals surface area contributed by atoms with Gasteiger partial charge in [-0.15, -0.1) is 0 Å². The Hall–Kier alpha value is -2.14. The Kier molecular flexibility index (Phi) is 4.43. The Bertz CT molecular complexity index is 743. The Balaban J connectivity index is 2.26. The van der Waals surface area contributed by atoms with Crippen molar-refractivity contribution >= 4 is 16.2 Å². The molecule has 5 heteroatoms. The van der Waals surface area contributed by atoms with E-state index in [1.807, 2.05) is 49.4 Å². The van der Waals surface area contributed by atoms with Gasteiger partial charge < -0.3 is 0 Å². The van der Waals surface area contributed by atoms with Crippen LogP contribution in [0.15, 0.2) is 52.5 Å². The number of benzene rings is 2. The Morgan fingerprint density at radius 3 is 2.14 bits per heavy atom. The van der Waals surface area contributed by atoms with Gasteiger partial charge >= 0.3 is 0 Å². The van der Waals surface area contributed by atoms with Crippen molar-refractivity contribution in [2.45, 2.75) is 25.7 Å². The zero-order valence-corrected chi connectivity index (χ0v) is 13.1. The predicted molar refractivity (Wildman–Crippen MR) is 85.0 cm³/mol. The third-order valence-electron chi connectivity index (χ3n) is 3.06. The van der Waals surface area contributed by atoms with Gasteiger partial charge in [-0.3, -0.25) is 0 Å². The molecule has 0 atom stereocenters. The van der Waals surface area contributed by atoms with Crippen LogP contribution in [0.2, 0.25) is 0 Å². The zero-order chi connectivity index (χ0) is 15.5. The Morgan fingerprint density at radius 2 is 1.57 bits per heavy atom. The summed E-state index contributed by atoms with van der Waals surface area (Å²) in [6.45, 7) is 5.52. The number of sulfonamides is 1. The third kappa shape index (κ3) is 3.70. The van der Waals surface area contributed by atoms with E-state index < -0.39 is 10.0 Å². The maximum Gasteiger partial charge on any atom is 0.277 e. The van der Waals surface area contributed by atoms with Gasteiger partial charge in [0.1, 0.15) is 0 Å². The van der Waals surface area contributed by atoms with Crippen LogP contribution in [0.5, 0.6) is 0 Å². The van der Waals surface area contributed by atoms with Crippen LogP contribution in [-0.4, -0.2) is 14.6 Å². The van der Waals surface area contributed by atoms with Crippen LogP contribution in [0, 0.1) is 20.8 Å². The van der Waals surface area contributed by atoms with Crippen molar-refractivity contribution in [1.29, 1.82) is 0 Å². The molecule has 0 spiro atoms. The molecule has 0 bridgehead atoms. The lowest BCUT2D eigenvalue weighted by molar-refractivity contribution is 0.583. The summed E-state index contributed by atoms with van der Waals surface area (Å²) in [5.74, 6) is 0. The summed E-state index contributed by atoms with van der Waals surface area (Å²) in [5, 5.41) is 3.83.